The first-order chi connectivity index (χ1) is 7.82. The molecule has 0 radical (unpaired) electrons. The van der Waals surface area contributed by atoms with E-state index < -0.39 is 16.0 Å². The molecule has 0 bridgehead atoms. The molecule has 0 aliphatic carbocycles. The minimum Gasteiger partial charge on any atom is -0.393 e. The van der Waals surface area contributed by atoms with Crippen molar-refractivity contribution in [3.8, 4) is 0 Å². The average molecular weight is 240 g/mol. The molecule has 1 N–H and O–H groups in total. The second kappa shape index (κ2) is 4.88. The number of hydrogen-bond acceptors (Lipinski definition) is 5. The minimum atomic E-state index is -0.713. The van der Waals surface area contributed by atoms with Crippen molar-refractivity contribution >= 4 is 11.4 Å². The molecule has 0 saturated carbocycles. The Kier molecular flexibility index (Phi) is 3.74. The second-order valence-electron chi connectivity index (χ2n) is 3.82. The van der Waals surface area contributed by atoms with Gasteiger partial charge in [0.25, 0.3) is 11.4 Å². The van der Waals surface area contributed by atoms with E-state index in [1.54, 1.807) is 0 Å². The van der Waals surface area contributed by atoms with Gasteiger partial charge in [0.2, 0.25) is 0 Å². The molecule has 0 saturated heterocycles. The van der Waals surface area contributed by atoms with E-state index in [0.717, 1.165) is 6.07 Å². The van der Waals surface area contributed by atoms with Crippen LogP contribution in [0.2, 0.25) is 0 Å². The Hall–Kier alpha value is -2.02. The number of aliphatic hydroxyl groups excluding tert-OH is 1. The highest BCUT2D eigenvalue weighted by Gasteiger charge is 2.21. The number of hydrogen-bond donors (Lipinski definition) is 1. The van der Waals surface area contributed by atoms with E-state index >= 15 is 0 Å². The molecule has 0 spiro atoms. The largest absolute Gasteiger partial charge is 0.393 e. The first-order valence-electron chi connectivity index (χ1n) is 4.93. The van der Waals surface area contributed by atoms with Gasteiger partial charge in [-0.05, 0) is 25.8 Å². The van der Waals surface area contributed by atoms with Crippen LogP contribution in [-0.2, 0) is 6.42 Å². The van der Waals surface area contributed by atoms with E-state index in [9.17, 15) is 25.3 Å². The quantitative estimate of drug-likeness (QED) is 0.637. The highest BCUT2D eigenvalue weighted by molar-refractivity contribution is 5.53. The van der Waals surface area contributed by atoms with Crippen molar-refractivity contribution < 1.29 is 15.0 Å². The molecule has 7 heteroatoms. The van der Waals surface area contributed by atoms with Crippen molar-refractivity contribution in [2.45, 2.75) is 26.4 Å². The van der Waals surface area contributed by atoms with Gasteiger partial charge in [-0.2, -0.15) is 0 Å². The minimum absolute atomic E-state index is 0.147. The Balaban J connectivity index is 3.37. The zero-order valence-corrected chi connectivity index (χ0v) is 9.41. The van der Waals surface area contributed by atoms with Gasteiger partial charge in [0.15, 0.2) is 0 Å². The zero-order valence-electron chi connectivity index (χ0n) is 9.41. The molecule has 92 valence electrons. The third kappa shape index (κ3) is 2.97. The lowest BCUT2D eigenvalue weighted by Crippen LogP contribution is -2.08. The smallest absolute Gasteiger partial charge is 0.279 e. The van der Waals surface area contributed by atoms with E-state index in [1.165, 1.54) is 19.9 Å². The van der Waals surface area contributed by atoms with Crippen LogP contribution in [0.4, 0.5) is 11.4 Å². The van der Waals surface area contributed by atoms with E-state index in [4.69, 9.17) is 0 Å². The van der Waals surface area contributed by atoms with Gasteiger partial charge in [0, 0.05) is 11.6 Å². The summed E-state index contributed by atoms with van der Waals surface area (Å²) >= 11 is 0. The van der Waals surface area contributed by atoms with Gasteiger partial charge in [-0.1, -0.05) is 0 Å². The fourth-order valence-electron chi connectivity index (χ4n) is 1.57. The van der Waals surface area contributed by atoms with Crippen molar-refractivity contribution in [1.29, 1.82) is 0 Å². The highest BCUT2D eigenvalue weighted by atomic mass is 16.6. The van der Waals surface area contributed by atoms with Crippen molar-refractivity contribution in [3.63, 3.8) is 0 Å². The number of rotatable bonds is 4. The van der Waals surface area contributed by atoms with E-state index in [0.29, 0.717) is 11.1 Å². The van der Waals surface area contributed by atoms with Gasteiger partial charge in [-0.3, -0.25) is 20.2 Å². The molecule has 1 rings (SSSR count). The van der Waals surface area contributed by atoms with Gasteiger partial charge >= 0.3 is 0 Å². The van der Waals surface area contributed by atoms with Crippen LogP contribution in [0.25, 0.3) is 0 Å². The van der Waals surface area contributed by atoms with Gasteiger partial charge in [0.1, 0.15) is 0 Å². The van der Waals surface area contributed by atoms with Crippen LogP contribution in [0, 0.1) is 27.2 Å². The number of aliphatic hydroxyl groups is 1. The normalized spacial score (nSPS) is 12.2. The van der Waals surface area contributed by atoms with Crippen LogP contribution in [0.3, 0.4) is 0 Å². The standard InChI is InChI=1S/C10H12N2O5/c1-6(13)3-8-4-9(11(14)15)5-10(7(8)2)12(16)17/h4-6,13H,3H2,1-2H3/t6-/m0/s1. The van der Waals surface area contributed by atoms with Crippen LogP contribution in [0.1, 0.15) is 18.1 Å². The monoisotopic (exact) mass is 240 g/mol. The van der Waals surface area contributed by atoms with Crippen LogP contribution in [0.15, 0.2) is 12.1 Å². The molecule has 0 fully saturated rings. The highest BCUT2D eigenvalue weighted by Crippen LogP contribution is 2.28. The molecule has 0 unspecified atom stereocenters. The van der Waals surface area contributed by atoms with Crippen molar-refractivity contribution in [2.24, 2.45) is 0 Å². The molecule has 0 aromatic heterocycles. The number of non-ortho nitro benzene ring substituents is 1. The Morgan fingerprint density at radius 2 is 1.88 bits per heavy atom. The summed E-state index contributed by atoms with van der Waals surface area (Å²) in [4.78, 5) is 20.1. The Morgan fingerprint density at radius 3 is 2.29 bits per heavy atom. The summed E-state index contributed by atoms with van der Waals surface area (Å²) in [6.45, 7) is 3.03. The lowest BCUT2D eigenvalue weighted by Gasteiger charge is -2.08. The van der Waals surface area contributed by atoms with Gasteiger partial charge in [-0.25, -0.2) is 0 Å². The summed E-state index contributed by atoms with van der Waals surface area (Å²) in [5.41, 5.74) is 0.134. The predicted molar refractivity (Wildman–Crippen MR) is 59.9 cm³/mol. The Bertz CT molecular complexity index is 470. The maximum absolute atomic E-state index is 10.8. The molecule has 1 atom stereocenters. The molecule has 17 heavy (non-hydrogen) atoms. The lowest BCUT2D eigenvalue weighted by atomic mass is 10.0. The number of nitro groups is 2. The topological polar surface area (TPSA) is 107 Å². The van der Waals surface area contributed by atoms with E-state index in [-0.39, 0.29) is 17.8 Å². The third-order valence-electron chi connectivity index (χ3n) is 2.40. The Labute approximate surface area is 97.0 Å². The van der Waals surface area contributed by atoms with Gasteiger partial charge < -0.3 is 5.11 Å². The first kappa shape index (κ1) is 13.0. The number of benzene rings is 1. The summed E-state index contributed by atoms with van der Waals surface area (Å²) in [6.07, 6.45) is -0.566. The molecule has 1 aromatic rings. The maximum Gasteiger partial charge on any atom is 0.279 e. The summed E-state index contributed by atoms with van der Waals surface area (Å²) in [5.74, 6) is 0. The molecular formula is C10H12N2O5. The summed E-state index contributed by atoms with van der Waals surface area (Å²) in [5, 5.41) is 30.7. The molecular weight excluding hydrogens is 228 g/mol. The zero-order chi connectivity index (χ0) is 13.2. The number of nitro benzene ring substituents is 2. The first-order valence-corrected chi connectivity index (χ1v) is 4.93. The fourth-order valence-corrected chi connectivity index (χ4v) is 1.57. The van der Waals surface area contributed by atoms with Gasteiger partial charge in [-0.15, -0.1) is 0 Å². The van der Waals surface area contributed by atoms with Crippen molar-refractivity contribution in [3.05, 3.63) is 43.5 Å². The van der Waals surface area contributed by atoms with Crippen LogP contribution in [-0.4, -0.2) is 21.1 Å². The summed E-state index contributed by atoms with van der Waals surface area (Å²) < 4.78 is 0. The molecule has 0 amide bonds. The molecule has 7 nitrogen and oxygen atoms in total. The van der Waals surface area contributed by atoms with E-state index in [1.807, 2.05) is 0 Å². The number of nitrogens with zero attached hydrogens (tertiary/aromatic N) is 2. The predicted octanol–water partition coefficient (Wildman–Crippen LogP) is 1.73. The molecule has 1 aromatic carbocycles. The second-order valence-corrected chi connectivity index (χ2v) is 3.82. The summed E-state index contributed by atoms with van der Waals surface area (Å²) in [7, 11) is 0. The van der Waals surface area contributed by atoms with Gasteiger partial charge in [0.05, 0.1) is 22.0 Å². The molecule has 0 aliphatic heterocycles. The summed E-state index contributed by atoms with van der Waals surface area (Å²) in [6, 6.07) is 2.19. The molecule has 0 heterocycles. The van der Waals surface area contributed by atoms with Crippen molar-refractivity contribution in [1.82, 2.24) is 0 Å². The van der Waals surface area contributed by atoms with Crippen LogP contribution >= 0.6 is 0 Å². The lowest BCUT2D eigenvalue weighted by molar-refractivity contribution is -0.394. The Morgan fingerprint density at radius 1 is 1.29 bits per heavy atom. The molecule has 0 aliphatic rings. The maximum atomic E-state index is 10.8. The third-order valence-corrected chi connectivity index (χ3v) is 2.40. The van der Waals surface area contributed by atoms with E-state index in [2.05, 4.69) is 0 Å². The van der Waals surface area contributed by atoms with Crippen molar-refractivity contribution in [2.75, 3.05) is 0 Å². The fraction of sp³-hybridized carbons (Fsp3) is 0.400. The SMILES string of the molecule is Cc1c(C[C@H](C)O)cc([N+](=O)[O-])cc1[N+](=O)[O-]. The van der Waals surface area contributed by atoms with Crippen LogP contribution in [0.5, 0.6) is 0 Å². The van der Waals surface area contributed by atoms with Crippen LogP contribution < -0.4 is 0 Å². The average Bonchev–Trinajstić information content (AvgIpc) is 2.19.